The molecule has 1 rings (SSSR count). The highest BCUT2D eigenvalue weighted by atomic mass is 79.9. The second kappa shape index (κ2) is 8.92. The average Bonchev–Trinajstić information content (AvgIpc) is 2.38. The number of hydrogen-bond donors (Lipinski definition) is 0. The Morgan fingerprint density at radius 1 is 1.33 bits per heavy atom. The van der Waals surface area contributed by atoms with Gasteiger partial charge in [0.25, 0.3) is 0 Å². The predicted molar refractivity (Wildman–Crippen MR) is 71.4 cm³/mol. The molecular weight excluding hydrogens is 298 g/mol. The van der Waals surface area contributed by atoms with Crippen LogP contribution in [0.5, 0.6) is 5.75 Å². The van der Waals surface area contributed by atoms with Gasteiger partial charge in [0.1, 0.15) is 5.75 Å². The fraction of sp³-hybridized carbons (Fsp3) is 0.462. The Bertz CT molecular complexity index is 404. The second-order valence-corrected chi connectivity index (χ2v) is 4.44. The molecule has 0 aliphatic carbocycles. The van der Waals surface area contributed by atoms with Crippen molar-refractivity contribution in [3.05, 3.63) is 28.2 Å². The summed E-state index contributed by atoms with van der Waals surface area (Å²) in [4.78, 5) is 0. The van der Waals surface area contributed by atoms with E-state index < -0.39 is 0 Å². The van der Waals surface area contributed by atoms with Crippen molar-refractivity contribution < 1.29 is 14.2 Å². The van der Waals surface area contributed by atoms with Gasteiger partial charge in [-0.3, -0.25) is 0 Å². The summed E-state index contributed by atoms with van der Waals surface area (Å²) in [6.07, 6.45) is 1.27. The fourth-order valence-corrected chi connectivity index (χ4v) is 1.86. The Kier molecular flexibility index (Phi) is 7.42. The van der Waals surface area contributed by atoms with Gasteiger partial charge in [0.05, 0.1) is 23.8 Å². The summed E-state index contributed by atoms with van der Waals surface area (Å²) in [7, 11) is 1.63. The lowest BCUT2D eigenvalue weighted by Crippen LogP contribution is -2.08. The van der Waals surface area contributed by atoms with Crippen LogP contribution in [0.3, 0.4) is 0 Å². The zero-order chi connectivity index (χ0) is 13.2. The molecule has 18 heavy (non-hydrogen) atoms. The maximum atomic E-state index is 8.53. The van der Waals surface area contributed by atoms with Crippen LogP contribution in [-0.4, -0.2) is 27.1 Å². The van der Waals surface area contributed by atoms with E-state index in [0.29, 0.717) is 19.6 Å². The van der Waals surface area contributed by atoms with E-state index in [1.54, 1.807) is 7.11 Å². The van der Waals surface area contributed by atoms with Gasteiger partial charge in [0.15, 0.2) is 6.79 Å². The molecule has 0 heterocycles. The van der Waals surface area contributed by atoms with Gasteiger partial charge in [-0.15, -0.1) is 0 Å². The predicted octanol–water partition coefficient (Wildman–Crippen LogP) is 2.90. The molecule has 0 spiro atoms. The van der Waals surface area contributed by atoms with Crippen molar-refractivity contribution in [2.75, 3.05) is 27.1 Å². The molecule has 0 aromatic heterocycles. The molecule has 0 saturated heterocycles. The minimum atomic E-state index is 0.194. The number of halogens is 1. The van der Waals surface area contributed by atoms with Crippen LogP contribution in [0, 0.1) is 11.3 Å². The van der Waals surface area contributed by atoms with Crippen LogP contribution < -0.4 is 4.74 Å². The molecule has 1 aromatic carbocycles. The number of ether oxygens (including phenoxy) is 3. The first-order valence-corrected chi connectivity index (χ1v) is 6.42. The number of benzene rings is 1. The van der Waals surface area contributed by atoms with Crippen molar-refractivity contribution in [2.45, 2.75) is 12.8 Å². The van der Waals surface area contributed by atoms with Crippen LogP contribution >= 0.6 is 15.9 Å². The molecule has 0 radical (unpaired) electrons. The highest BCUT2D eigenvalue weighted by Gasteiger charge is 2.02. The standard InChI is InChI=1S/C13H16BrNO3/c1-16-7-8-17-10-18-13-5-4-11(3-2-6-15)9-12(13)14/h4-5,9H,2-3,7-8,10H2,1H3. The minimum Gasteiger partial charge on any atom is -0.466 e. The van der Waals surface area contributed by atoms with Crippen molar-refractivity contribution in [1.82, 2.24) is 0 Å². The SMILES string of the molecule is COCCOCOc1ccc(CCC#N)cc1Br. The molecule has 0 aliphatic heterocycles. The Balaban J connectivity index is 2.40. The summed E-state index contributed by atoms with van der Waals surface area (Å²) < 4.78 is 16.4. The molecule has 0 unspecified atom stereocenters. The lowest BCUT2D eigenvalue weighted by Gasteiger charge is -2.09. The van der Waals surface area contributed by atoms with Gasteiger partial charge in [0.2, 0.25) is 0 Å². The number of hydrogen-bond acceptors (Lipinski definition) is 4. The van der Waals surface area contributed by atoms with Crippen LogP contribution in [-0.2, 0) is 15.9 Å². The van der Waals surface area contributed by atoms with Gasteiger partial charge in [-0.2, -0.15) is 5.26 Å². The van der Waals surface area contributed by atoms with Gasteiger partial charge in [-0.05, 0) is 40.0 Å². The van der Waals surface area contributed by atoms with Crippen LogP contribution in [0.25, 0.3) is 0 Å². The molecule has 98 valence electrons. The van der Waals surface area contributed by atoms with Crippen molar-refractivity contribution in [3.63, 3.8) is 0 Å². The van der Waals surface area contributed by atoms with Crippen LogP contribution in [0.15, 0.2) is 22.7 Å². The summed E-state index contributed by atoms with van der Waals surface area (Å²) in [6.45, 7) is 1.26. The van der Waals surface area contributed by atoms with Crippen molar-refractivity contribution >= 4 is 15.9 Å². The van der Waals surface area contributed by atoms with E-state index in [2.05, 4.69) is 22.0 Å². The fourth-order valence-electron chi connectivity index (χ4n) is 1.32. The highest BCUT2D eigenvalue weighted by Crippen LogP contribution is 2.26. The third-order valence-electron chi connectivity index (χ3n) is 2.25. The van der Waals surface area contributed by atoms with E-state index in [1.165, 1.54) is 0 Å². The molecular formula is C13H16BrNO3. The summed E-state index contributed by atoms with van der Waals surface area (Å²) in [5, 5.41) is 8.53. The van der Waals surface area contributed by atoms with Gasteiger partial charge >= 0.3 is 0 Å². The zero-order valence-electron chi connectivity index (χ0n) is 10.3. The molecule has 0 fully saturated rings. The Morgan fingerprint density at radius 2 is 2.17 bits per heavy atom. The second-order valence-electron chi connectivity index (χ2n) is 3.59. The summed E-state index contributed by atoms with van der Waals surface area (Å²) >= 11 is 3.43. The average molecular weight is 314 g/mol. The van der Waals surface area contributed by atoms with E-state index >= 15 is 0 Å². The lowest BCUT2D eigenvalue weighted by molar-refractivity contribution is -0.00880. The molecule has 0 aliphatic rings. The van der Waals surface area contributed by atoms with Gasteiger partial charge in [-0.1, -0.05) is 6.07 Å². The van der Waals surface area contributed by atoms with Crippen molar-refractivity contribution in [3.8, 4) is 11.8 Å². The Labute approximate surface area is 116 Å². The van der Waals surface area contributed by atoms with E-state index in [0.717, 1.165) is 22.2 Å². The molecule has 0 amide bonds. The molecule has 0 atom stereocenters. The summed E-state index contributed by atoms with van der Waals surface area (Å²) in [5.41, 5.74) is 1.11. The smallest absolute Gasteiger partial charge is 0.189 e. The molecule has 1 aromatic rings. The number of rotatable bonds is 8. The summed E-state index contributed by atoms with van der Waals surface area (Å²) in [6, 6.07) is 7.91. The monoisotopic (exact) mass is 313 g/mol. The number of nitriles is 1. The lowest BCUT2D eigenvalue weighted by atomic mass is 10.1. The summed E-state index contributed by atoms with van der Waals surface area (Å²) in [5.74, 6) is 0.730. The normalized spacial score (nSPS) is 10.1. The highest BCUT2D eigenvalue weighted by molar-refractivity contribution is 9.10. The van der Waals surface area contributed by atoms with Crippen LogP contribution in [0.2, 0.25) is 0 Å². The molecule has 0 bridgehead atoms. The molecule has 5 heteroatoms. The minimum absolute atomic E-state index is 0.194. The number of methoxy groups -OCH3 is 1. The van der Waals surface area contributed by atoms with E-state index in [-0.39, 0.29) is 6.79 Å². The maximum absolute atomic E-state index is 8.53. The number of nitrogens with zero attached hydrogens (tertiary/aromatic N) is 1. The molecule has 4 nitrogen and oxygen atoms in total. The first-order valence-electron chi connectivity index (χ1n) is 5.62. The van der Waals surface area contributed by atoms with E-state index in [1.807, 2.05) is 18.2 Å². The van der Waals surface area contributed by atoms with Crippen LogP contribution in [0.1, 0.15) is 12.0 Å². The third kappa shape index (κ3) is 5.50. The Hall–Kier alpha value is -1.09. The number of aryl methyl sites for hydroxylation is 1. The van der Waals surface area contributed by atoms with E-state index in [9.17, 15) is 0 Å². The van der Waals surface area contributed by atoms with Gasteiger partial charge in [-0.25, -0.2) is 0 Å². The first kappa shape index (κ1) is 15.0. The zero-order valence-corrected chi connectivity index (χ0v) is 11.9. The van der Waals surface area contributed by atoms with Gasteiger partial charge < -0.3 is 14.2 Å². The Morgan fingerprint density at radius 3 is 2.83 bits per heavy atom. The van der Waals surface area contributed by atoms with Gasteiger partial charge in [0, 0.05) is 13.5 Å². The third-order valence-corrected chi connectivity index (χ3v) is 2.87. The topological polar surface area (TPSA) is 51.5 Å². The maximum Gasteiger partial charge on any atom is 0.189 e. The largest absolute Gasteiger partial charge is 0.466 e. The van der Waals surface area contributed by atoms with Crippen molar-refractivity contribution in [2.24, 2.45) is 0 Å². The van der Waals surface area contributed by atoms with E-state index in [4.69, 9.17) is 19.5 Å². The first-order chi connectivity index (χ1) is 8.77. The quantitative estimate of drug-likeness (QED) is 0.547. The molecule has 0 saturated carbocycles. The van der Waals surface area contributed by atoms with Crippen molar-refractivity contribution in [1.29, 1.82) is 5.26 Å². The van der Waals surface area contributed by atoms with Crippen LogP contribution in [0.4, 0.5) is 0 Å². The molecule has 0 N–H and O–H groups in total.